The smallest absolute Gasteiger partial charge is 0.262 e. The first-order valence-electron chi connectivity index (χ1n) is 8.04. The molecule has 1 amide bonds. The average Bonchev–Trinajstić information content (AvgIpc) is 2.79. The lowest BCUT2D eigenvalue weighted by Gasteiger charge is -2.12. The lowest BCUT2D eigenvalue weighted by atomic mass is 10.2. The molecule has 5 nitrogen and oxygen atoms in total. The van der Waals surface area contributed by atoms with Gasteiger partial charge in [-0.15, -0.1) is 0 Å². The fourth-order valence-electron chi connectivity index (χ4n) is 2.69. The molecule has 0 aliphatic carbocycles. The Hall–Kier alpha value is -2.55. The highest BCUT2D eigenvalue weighted by atomic mass is 35.5. The van der Waals surface area contributed by atoms with Crippen molar-refractivity contribution in [2.45, 2.75) is 14.7 Å². The van der Waals surface area contributed by atoms with Gasteiger partial charge in [-0.3, -0.25) is 9.52 Å². The van der Waals surface area contributed by atoms with Crippen LogP contribution in [0, 0.1) is 5.82 Å². The van der Waals surface area contributed by atoms with Crippen molar-refractivity contribution in [1.82, 2.24) is 0 Å². The van der Waals surface area contributed by atoms with Crippen LogP contribution in [0.3, 0.4) is 0 Å². The zero-order valence-corrected chi connectivity index (χ0v) is 16.5. The predicted molar refractivity (Wildman–Crippen MR) is 107 cm³/mol. The Morgan fingerprint density at radius 2 is 1.79 bits per heavy atom. The van der Waals surface area contributed by atoms with Gasteiger partial charge in [-0.2, -0.15) is 0 Å². The Morgan fingerprint density at radius 3 is 2.57 bits per heavy atom. The van der Waals surface area contributed by atoms with E-state index in [2.05, 4.69) is 10.0 Å². The first kappa shape index (κ1) is 18.8. The van der Waals surface area contributed by atoms with Crippen LogP contribution in [-0.4, -0.2) is 14.3 Å². The second-order valence-electron chi connectivity index (χ2n) is 5.94. The van der Waals surface area contributed by atoms with Crippen molar-refractivity contribution >= 4 is 50.7 Å². The van der Waals surface area contributed by atoms with Crippen molar-refractivity contribution in [3.05, 3.63) is 77.1 Å². The number of sulfonamides is 1. The molecule has 0 fully saturated rings. The predicted octanol–water partition coefficient (Wildman–Crippen LogP) is 5.00. The summed E-state index contributed by atoms with van der Waals surface area (Å²) in [7, 11) is -4.07. The van der Waals surface area contributed by atoms with E-state index in [-0.39, 0.29) is 21.5 Å². The number of anilines is 2. The normalized spacial score (nSPS) is 13.1. The van der Waals surface area contributed by atoms with E-state index >= 15 is 0 Å². The summed E-state index contributed by atoms with van der Waals surface area (Å²) in [5.74, 6) is -1.11. The molecule has 4 rings (SSSR count). The highest BCUT2D eigenvalue weighted by molar-refractivity contribution is 7.99. The van der Waals surface area contributed by atoms with E-state index in [4.69, 9.17) is 11.6 Å². The molecule has 142 valence electrons. The number of fused-ring (bicyclic) bond motifs is 2. The van der Waals surface area contributed by atoms with Gasteiger partial charge in [-0.1, -0.05) is 35.5 Å². The number of benzene rings is 3. The number of hydrogen-bond acceptors (Lipinski definition) is 4. The zero-order chi connectivity index (χ0) is 19.9. The summed E-state index contributed by atoms with van der Waals surface area (Å²) in [5.41, 5.74) is 0.658. The number of carbonyl (C=O) groups excluding carboxylic acids is 1. The fraction of sp³-hybridized carbons (Fsp3) is 0. The molecule has 3 aromatic carbocycles. The van der Waals surface area contributed by atoms with Crippen LogP contribution in [-0.2, 0) is 10.0 Å². The Balaban J connectivity index is 1.69. The van der Waals surface area contributed by atoms with Crippen LogP contribution in [0.15, 0.2) is 75.4 Å². The fourth-order valence-corrected chi connectivity index (χ4v) is 4.95. The van der Waals surface area contributed by atoms with Crippen LogP contribution in [0.1, 0.15) is 10.4 Å². The molecule has 0 saturated carbocycles. The van der Waals surface area contributed by atoms with Crippen molar-refractivity contribution in [2.75, 3.05) is 10.0 Å². The lowest BCUT2D eigenvalue weighted by Crippen LogP contribution is -2.15. The molecule has 3 aromatic rings. The van der Waals surface area contributed by atoms with Gasteiger partial charge in [0.2, 0.25) is 0 Å². The van der Waals surface area contributed by atoms with Crippen LogP contribution >= 0.6 is 23.4 Å². The molecule has 0 aromatic heterocycles. The molecule has 1 aliphatic heterocycles. The van der Waals surface area contributed by atoms with Gasteiger partial charge in [-0.25, -0.2) is 12.8 Å². The van der Waals surface area contributed by atoms with Crippen molar-refractivity contribution in [3.8, 4) is 0 Å². The van der Waals surface area contributed by atoms with E-state index in [1.807, 2.05) is 12.1 Å². The van der Waals surface area contributed by atoms with Gasteiger partial charge in [0, 0.05) is 14.8 Å². The highest BCUT2D eigenvalue weighted by Gasteiger charge is 2.23. The SMILES string of the molecule is O=C1Nc2cc(S(=O)(=O)Nc3ccc(Cl)cc3F)ccc2Sc2ccccc21. The summed E-state index contributed by atoms with van der Waals surface area (Å²) in [6.07, 6.45) is 0. The molecule has 9 heteroatoms. The quantitative estimate of drug-likeness (QED) is 0.608. The minimum Gasteiger partial charge on any atom is -0.321 e. The largest absolute Gasteiger partial charge is 0.321 e. The summed E-state index contributed by atoms with van der Waals surface area (Å²) in [6, 6.07) is 15.1. The van der Waals surface area contributed by atoms with Gasteiger partial charge >= 0.3 is 0 Å². The number of hydrogen-bond donors (Lipinski definition) is 2. The molecule has 1 aliphatic rings. The van der Waals surface area contributed by atoms with Crippen LogP contribution in [0.5, 0.6) is 0 Å². The highest BCUT2D eigenvalue weighted by Crippen LogP contribution is 2.39. The Labute approximate surface area is 170 Å². The van der Waals surface area contributed by atoms with E-state index in [9.17, 15) is 17.6 Å². The van der Waals surface area contributed by atoms with Gasteiger partial charge in [0.25, 0.3) is 15.9 Å². The molecule has 0 unspecified atom stereocenters. The van der Waals surface area contributed by atoms with Crippen LogP contribution in [0.2, 0.25) is 5.02 Å². The maximum atomic E-state index is 14.0. The minimum atomic E-state index is -4.07. The summed E-state index contributed by atoms with van der Waals surface area (Å²) in [5, 5.41) is 2.89. The number of nitrogens with one attached hydrogen (secondary N) is 2. The third-order valence-electron chi connectivity index (χ3n) is 4.04. The number of amides is 1. The van der Waals surface area contributed by atoms with Gasteiger partial charge in [-0.05, 0) is 48.5 Å². The molecule has 0 saturated heterocycles. The third kappa shape index (κ3) is 3.58. The maximum absolute atomic E-state index is 14.0. The van der Waals surface area contributed by atoms with Crippen molar-refractivity contribution in [2.24, 2.45) is 0 Å². The molecule has 0 radical (unpaired) electrons. The summed E-state index contributed by atoms with van der Waals surface area (Å²) < 4.78 is 41.5. The molecular formula is C19H12ClFN2O3S2. The van der Waals surface area contributed by atoms with Crippen LogP contribution in [0.25, 0.3) is 0 Å². The number of rotatable bonds is 3. The van der Waals surface area contributed by atoms with Crippen molar-refractivity contribution in [3.63, 3.8) is 0 Å². The van der Waals surface area contributed by atoms with E-state index in [0.29, 0.717) is 16.1 Å². The van der Waals surface area contributed by atoms with E-state index in [1.165, 1.54) is 36.0 Å². The van der Waals surface area contributed by atoms with Crippen LogP contribution in [0.4, 0.5) is 15.8 Å². The molecule has 0 bridgehead atoms. The van der Waals surface area contributed by atoms with Gasteiger partial charge in [0.15, 0.2) is 0 Å². The Bertz CT molecular complexity index is 1220. The molecular weight excluding hydrogens is 423 g/mol. The number of halogens is 2. The standard InChI is InChI=1S/C19H12ClFN2O3S2/c20-11-5-7-15(14(21)9-11)23-28(25,26)12-6-8-18-16(10-12)22-19(24)13-3-1-2-4-17(13)27-18/h1-10,23H,(H,22,24). The van der Waals surface area contributed by atoms with Crippen molar-refractivity contribution in [1.29, 1.82) is 0 Å². The Morgan fingerprint density at radius 1 is 1.00 bits per heavy atom. The summed E-state index contributed by atoms with van der Waals surface area (Å²) in [4.78, 5) is 13.8. The summed E-state index contributed by atoms with van der Waals surface area (Å²) in [6.45, 7) is 0. The van der Waals surface area contributed by atoms with E-state index < -0.39 is 15.8 Å². The second-order valence-corrected chi connectivity index (χ2v) is 9.14. The second kappa shape index (κ2) is 7.12. The molecule has 0 spiro atoms. The number of carbonyl (C=O) groups is 1. The molecule has 28 heavy (non-hydrogen) atoms. The van der Waals surface area contributed by atoms with Gasteiger partial charge in [0.1, 0.15) is 5.82 Å². The van der Waals surface area contributed by atoms with E-state index in [0.717, 1.165) is 11.0 Å². The molecule has 0 atom stereocenters. The zero-order valence-electron chi connectivity index (χ0n) is 14.1. The van der Waals surface area contributed by atoms with E-state index in [1.54, 1.807) is 18.2 Å². The lowest BCUT2D eigenvalue weighted by molar-refractivity contribution is 0.102. The van der Waals surface area contributed by atoms with Crippen molar-refractivity contribution < 1.29 is 17.6 Å². The molecule has 2 N–H and O–H groups in total. The topological polar surface area (TPSA) is 75.3 Å². The first-order valence-corrected chi connectivity index (χ1v) is 10.7. The van der Waals surface area contributed by atoms with Gasteiger partial charge < -0.3 is 5.32 Å². The van der Waals surface area contributed by atoms with Crippen LogP contribution < -0.4 is 10.0 Å². The Kier molecular flexibility index (Phi) is 4.78. The molecule has 1 heterocycles. The first-order chi connectivity index (χ1) is 13.3. The minimum absolute atomic E-state index is 0.104. The average molecular weight is 435 g/mol. The third-order valence-corrected chi connectivity index (χ3v) is 6.79. The maximum Gasteiger partial charge on any atom is 0.262 e. The summed E-state index contributed by atoms with van der Waals surface area (Å²) >= 11 is 7.05. The monoisotopic (exact) mass is 434 g/mol. The van der Waals surface area contributed by atoms with Gasteiger partial charge in [0.05, 0.1) is 21.8 Å².